The maximum atomic E-state index is 12.8. The fourth-order valence-electron chi connectivity index (χ4n) is 3.74. The second-order valence-electron chi connectivity index (χ2n) is 6.94. The van der Waals surface area contributed by atoms with Gasteiger partial charge < -0.3 is 14.5 Å². The van der Waals surface area contributed by atoms with Gasteiger partial charge in [0.2, 0.25) is 0 Å². The van der Waals surface area contributed by atoms with Crippen molar-refractivity contribution in [3.8, 4) is 17.6 Å². The van der Waals surface area contributed by atoms with Crippen LogP contribution in [0, 0.1) is 11.3 Å². The second kappa shape index (κ2) is 8.50. The minimum absolute atomic E-state index is 0.196. The summed E-state index contributed by atoms with van der Waals surface area (Å²) in [5.41, 5.74) is 1.81. The number of nitrogens with zero attached hydrogens (tertiary/aromatic N) is 2. The van der Waals surface area contributed by atoms with Crippen LogP contribution >= 0.6 is 22.9 Å². The number of hydrogen-bond acceptors (Lipinski definition) is 6. The predicted octanol–water partition coefficient (Wildman–Crippen LogP) is 4.99. The number of aromatic amines is 1. The molecule has 0 atom stereocenters. The summed E-state index contributed by atoms with van der Waals surface area (Å²) in [4.78, 5) is 22.1. The molecule has 0 bridgehead atoms. The topological polar surface area (TPSA) is 88.0 Å². The number of benzene rings is 1. The van der Waals surface area contributed by atoms with Gasteiger partial charge in [0.05, 0.1) is 29.7 Å². The average molecular weight is 442 g/mol. The first-order valence-corrected chi connectivity index (χ1v) is 10.9. The van der Waals surface area contributed by atoms with Gasteiger partial charge in [0.25, 0.3) is 5.56 Å². The average Bonchev–Trinajstić information content (AvgIpc) is 3.11. The number of hydrogen-bond donors (Lipinski definition) is 1. The molecule has 6 nitrogen and oxygen atoms in total. The Balaban J connectivity index is 1.81. The first-order valence-electron chi connectivity index (χ1n) is 9.72. The van der Waals surface area contributed by atoms with Gasteiger partial charge in [-0.3, -0.25) is 4.79 Å². The lowest BCUT2D eigenvalue weighted by Crippen LogP contribution is -2.12. The summed E-state index contributed by atoms with van der Waals surface area (Å²) >= 11 is 7.87. The molecule has 1 aliphatic rings. The van der Waals surface area contributed by atoms with Crippen molar-refractivity contribution in [3.05, 3.63) is 49.3 Å². The monoisotopic (exact) mass is 441 g/mol. The number of thiophene rings is 1. The van der Waals surface area contributed by atoms with Crippen molar-refractivity contribution in [2.45, 2.75) is 32.6 Å². The van der Waals surface area contributed by atoms with E-state index < -0.39 is 0 Å². The Morgan fingerprint density at radius 3 is 2.93 bits per heavy atom. The van der Waals surface area contributed by atoms with Crippen molar-refractivity contribution >= 4 is 44.8 Å². The van der Waals surface area contributed by atoms with Crippen molar-refractivity contribution in [1.82, 2.24) is 9.97 Å². The summed E-state index contributed by atoms with van der Waals surface area (Å²) < 4.78 is 10.9. The van der Waals surface area contributed by atoms with Crippen molar-refractivity contribution in [3.63, 3.8) is 0 Å². The number of halogens is 1. The van der Waals surface area contributed by atoms with Crippen LogP contribution in [0.3, 0.4) is 0 Å². The third-order valence-corrected chi connectivity index (χ3v) is 6.51. The molecule has 1 aliphatic carbocycles. The SMILES string of the molecule is CCOc1cc(/C=C(\C#N)c2nc3sc4c(c3c(=O)[nH]2)CCCC4)cc(Cl)c1OC. The van der Waals surface area contributed by atoms with Gasteiger partial charge in [-0.2, -0.15) is 5.26 Å². The number of methoxy groups -OCH3 is 1. The number of rotatable bonds is 5. The summed E-state index contributed by atoms with van der Waals surface area (Å²) in [6, 6.07) is 5.56. The fraction of sp³-hybridized carbons (Fsp3) is 0.318. The molecule has 8 heteroatoms. The zero-order valence-electron chi connectivity index (χ0n) is 16.7. The number of nitriles is 1. The lowest BCUT2D eigenvalue weighted by atomic mass is 9.97. The highest BCUT2D eigenvalue weighted by atomic mass is 35.5. The number of allylic oxidation sites excluding steroid dienone is 1. The quantitative estimate of drug-likeness (QED) is 0.563. The molecule has 2 aromatic heterocycles. The van der Waals surface area contributed by atoms with Gasteiger partial charge >= 0.3 is 0 Å². The molecule has 0 amide bonds. The molecular weight excluding hydrogens is 422 g/mol. The Kier molecular flexibility index (Phi) is 5.80. The zero-order valence-corrected chi connectivity index (χ0v) is 18.2. The molecule has 0 unspecified atom stereocenters. The third kappa shape index (κ3) is 3.69. The normalized spacial score (nSPS) is 13.7. The van der Waals surface area contributed by atoms with Crippen LogP contribution in [0.4, 0.5) is 0 Å². The van der Waals surface area contributed by atoms with E-state index in [1.54, 1.807) is 29.5 Å². The van der Waals surface area contributed by atoms with Crippen molar-refractivity contribution in [1.29, 1.82) is 5.26 Å². The molecule has 0 aliphatic heterocycles. The van der Waals surface area contributed by atoms with Crippen LogP contribution in [0.25, 0.3) is 21.9 Å². The second-order valence-corrected chi connectivity index (χ2v) is 8.43. The van der Waals surface area contributed by atoms with Crippen LogP contribution in [-0.4, -0.2) is 23.7 Å². The molecule has 30 heavy (non-hydrogen) atoms. The Labute approximate surface area is 182 Å². The van der Waals surface area contributed by atoms with E-state index in [0.717, 1.165) is 31.2 Å². The van der Waals surface area contributed by atoms with Gasteiger partial charge in [-0.15, -0.1) is 11.3 Å². The minimum atomic E-state index is -0.196. The number of fused-ring (bicyclic) bond motifs is 3. The molecule has 0 saturated carbocycles. The van der Waals surface area contributed by atoms with E-state index in [1.165, 1.54) is 12.0 Å². The van der Waals surface area contributed by atoms with Crippen LogP contribution in [0.15, 0.2) is 16.9 Å². The molecule has 0 saturated heterocycles. The largest absolute Gasteiger partial charge is 0.491 e. The molecule has 0 fully saturated rings. The standard InChI is InChI=1S/C22H20ClN3O3S/c1-3-29-16-10-12(9-15(23)19(16)28-2)8-13(11-24)20-25-21(27)18-14-6-4-5-7-17(14)30-22(18)26-20/h8-10H,3-7H2,1-2H3,(H,25,26,27)/b13-8+. The van der Waals surface area contributed by atoms with E-state index in [9.17, 15) is 10.1 Å². The highest BCUT2D eigenvalue weighted by Crippen LogP contribution is 2.37. The zero-order chi connectivity index (χ0) is 21.3. The van der Waals surface area contributed by atoms with Gasteiger partial charge in [-0.1, -0.05) is 11.6 Å². The molecule has 2 heterocycles. The molecule has 3 aromatic rings. The van der Waals surface area contributed by atoms with Crippen LogP contribution in [-0.2, 0) is 12.8 Å². The van der Waals surface area contributed by atoms with Gasteiger partial charge in [0, 0.05) is 4.88 Å². The summed E-state index contributed by atoms with van der Waals surface area (Å²) in [6.07, 6.45) is 5.74. The van der Waals surface area contributed by atoms with Crippen LogP contribution in [0.2, 0.25) is 5.02 Å². The van der Waals surface area contributed by atoms with E-state index in [2.05, 4.69) is 16.0 Å². The van der Waals surface area contributed by atoms with Crippen LogP contribution in [0.1, 0.15) is 41.6 Å². The van der Waals surface area contributed by atoms with E-state index >= 15 is 0 Å². The predicted molar refractivity (Wildman–Crippen MR) is 120 cm³/mol. The molecule has 0 radical (unpaired) electrons. The lowest BCUT2D eigenvalue weighted by Gasteiger charge is -2.12. The smallest absolute Gasteiger partial charge is 0.260 e. The van der Waals surface area contributed by atoms with E-state index in [1.807, 2.05) is 6.92 Å². The molecule has 1 N–H and O–H groups in total. The summed E-state index contributed by atoms with van der Waals surface area (Å²) in [7, 11) is 1.52. The Hall–Kier alpha value is -2.82. The maximum Gasteiger partial charge on any atom is 0.260 e. The van der Waals surface area contributed by atoms with Crippen molar-refractivity contribution in [2.24, 2.45) is 0 Å². The van der Waals surface area contributed by atoms with Crippen molar-refractivity contribution in [2.75, 3.05) is 13.7 Å². The molecule has 154 valence electrons. The van der Waals surface area contributed by atoms with Gasteiger partial charge in [0.15, 0.2) is 17.3 Å². The number of nitrogens with one attached hydrogen (secondary N) is 1. The number of ether oxygens (including phenoxy) is 2. The van der Waals surface area contributed by atoms with Gasteiger partial charge in [-0.05, 0) is 61.9 Å². The lowest BCUT2D eigenvalue weighted by molar-refractivity contribution is 0.311. The van der Waals surface area contributed by atoms with Crippen molar-refractivity contribution < 1.29 is 9.47 Å². The molecular formula is C22H20ClN3O3S. The first kappa shape index (κ1) is 20.5. The fourth-order valence-corrected chi connectivity index (χ4v) is 5.30. The summed E-state index contributed by atoms with van der Waals surface area (Å²) in [5.74, 6) is 1.17. The van der Waals surface area contributed by atoms with E-state index in [-0.39, 0.29) is 17.0 Å². The molecule has 4 rings (SSSR count). The maximum absolute atomic E-state index is 12.8. The molecule has 0 spiro atoms. The van der Waals surface area contributed by atoms with Crippen LogP contribution < -0.4 is 15.0 Å². The summed E-state index contributed by atoms with van der Waals surface area (Å²) in [6.45, 7) is 2.31. The number of aryl methyl sites for hydroxylation is 2. The Morgan fingerprint density at radius 1 is 1.40 bits per heavy atom. The number of H-pyrrole nitrogens is 1. The van der Waals surface area contributed by atoms with Crippen LogP contribution in [0.5, 0.6) is 11.5 Å². The highest BCUT2D eigenvalue weighted by Gasteiger charge is 2.20. The Bertz CT molecular complexity index is 1250. The first-order chi connectivity index (χ1) is 14.5. The minimum Gasteiger partial charge on any atom is -0.491 e. The number of aromatic nitrogens is 2. The highest BCUT2D eigenvalue weighted by molar-refractivity contribution is 7.18. The van der Waals surface area contributed by atoms with E-state index in [0.29, 0.717) is 38.9 Å². The van der Waals surface area contributed by atoms with E-state index in [4.69, 9.17) is 21.1 Å². The summed E-state index contributed by atoms with van der Waals surface area (Å²) in [5, 5.41) is 10.8. The Morgan fingerprint density at radius 2 is 2.20 bits per heavy atom. The van der Waals surface area contributed by atoms with Gasteiger partial charge in [0.1, 0.15) is 10.9 Å². The third-order valence-electron chi connectivity index (χ3n) is 5.05. The van der Waals surface area contributed by atoms with Gasteiger partial charge in [-0.25, -0.2) is 4.98 Å². The molecule has 1 aromatic carbocycles.